The highest BCUT2D eigenvalue weighted by atomic mass is 79.9. The van der Waals surface area contributed by atoms with E-state index in [4.69, 9.17) is 5.11 Å². The SMILES string of the molecule is O=C(O)CCc1c[nH]c2c(Br)cccc12. The van der Waals surface area contributed by atoms with Gasteiger partial charge in [-0.2, -0.15) is 0 Å². The third-order valence-corrected chi connectivity index (χ3v) is 3.02. The van der Waals surface area contributed by atoms with E-state index in [0.29, 0.717) is 6.42 Å². The van der Waals surface area contributed by atoms with Crippen LogP contribution in [0, 0.1) is 0 Å². The van der Waals surface area contributed by atoms with Crippen LogP contribution in [0.1, 0.15) is 12.0 Å². The number of aryl methyl sites for hydroxylation is 1. The molecule has 2 N–H and O–H groups in total. The molecule has 0 atom stereocenters. The first-order chi connectivity index (χ1) is 7.18. The molecular weight excluding hydrogens is 258 g/mol. The van der Waals surface area contributed by atoms with Gasteiger partial charge in [0, 0.05) is 22.5 Å². The van der Waals surface area contributed by atoms with Crippen LogP contribution in [-0.2, 0) is 11.2 Å². The van der Waals surface area contributed by atoms with Crippen LogP contribution in [-0.4, -0.2) is 16.1 Å². The summed E-state index contributed by atoms with van der Waals surface area (Å²) >= 11 is 3.44. The Balaban J connectivity index is 2.37. The maximum Gasteiger partial charge on any atom is 0.303 e. The van der Waals surface area contributed by atoms with Gasteiger partial charge in [0.15, 0.2) is 0 Å². The Labute approximate surface area is 95.2 Å². The van der Waals surface area contributed by atoms with Gasteiger partial charge in [-0.15, -0.1) is 0 Å². The van der Waals surface area contributed by atoms with E-state index < -0.39 is 5.97 Å². The first-order valence-electron chi connectivity index (χ1n) is 4.65. The molecule has 0 amide bonds. The third kappa shape index (κ3) is 2.04. The Morgan fingerprint density at radius 1 is 1.47 bits per heavy atom. The van der Waals surface area contributed by atoms with E-state index in [1.54, 1.807) is 0 Å². The summed E-state index contributed by atoms with van der Waals surface area (Å²) in [6, 6.07) is 5.90. The summed E-state index contributed by atoms with van der Waals surface area (Å²) < 4.78 is 1.00. The van der Waals surface area contributed by atoms with Gasteiger partial charge in [-0.1, -0.05) is 12.1 Å². The van der Waals surface area contributed by atoms with Gasteiger partial charge in [0.2, 0.25) is 0 Å². The van der Waals surface area contributed by atoms with Gasteiger partial charge in [-0.3, -0.25) is 4.79 Å². The lowest BCUT2D eigenvalue weighted by Crippen LogP contribution is -1.96. The van der Waals surface area contributed by atoms with E-state index in [9.17, 15) is 4.79 Å². The number of halogens is 1. The number of hydrogen-bond donors (Lipinski definition) is 2. The van der Waals surface area contributed by atoms with Gasteiger partial charge in [-0.05, 0) is 34.0 Å². The van der Waals surface area contributed by atoms with Crippen molar-refractivity contribution in [2.45, 2.75) is 12.8 Å². The van der Waals surface area contributed by atoms with Crippen molar-refractivity contribution in [1.82, 2.24) is 4.98 Å². The van der Waals surface area contributed by atoms with Crippen molar-refractivity contribution in [1.29, 1.82) is 0 Å². The highest BCUT2D eigenvalue weighted by Gasteiger charge is 2.07. The molecule has 0 radical (unpaired) electrons. The summed E-state index contributed by atoms with van der Waals surface area (Å²) in [7, 11) is 0. The zero-order valence-corrected chi connectivity index (χ0v) is 9.54. The second kappa shape index (κ2) is 4.06. The van der Waals surface area contributed by atoms with Gasteiger partial charge in [0.05, 0.1) is 5.52 Å². The summed E-state index contributed by atoms with van der Waals surface area (Å²) in [4.78, 5) is 13.6. The van der Waals surface area contributed by atoms with Crippen molar-refractivity contribution in [3.05, 3.63) is 34.4 Å². The highest BCUT2D eigenvalue weighted by Crippen LogP contribution is 2.26. The number of H-pyrrole nitrogens is 1. The first kappa shape index (κ1) is 10.2. The third-order valence-electron chi connectivity index (χ3n) is 2.36. The Bertz CT molecular complexity index is 504. The van der Waals surface area contributed by atoms with Gasteiger partial charge in [0.25, 0.3) is 0 Å². The molecule has 3 nitrogen and oxygen atoms in total. The van der Waals surface area contributed by atoms with E-state index in [1.807, 2.05) is 24.4 Å². The Hall–Kier alpha value is -1.29. The minimum absolute atomic E-state index is 0.166. The van der Waals surface area contributed by atoms with Gasteiger partial charge >= 0.3 is 5.97 Å². The standard InChI is InChI=1S/C11H10BrNO2/c12-9-3-1-2-8-7(4-5-10(14)15)6-13-11(8)9/h1-3,6,13H,4-5H2,(H,14,15). The number of aromatic nitrogens is 1. The van der Waals surface area contributed by atoms with Crippen molar-refractivity contribution < 1.29 is 9.90 Å². The lowest BCUT2D eigenvalue weighted by molar-refractivity contribution is -0.136. The van der Waals surface area contributed by atoms with Gasteiger partial charge in [-0.25, -0.2) is 0 Å². The monoisotopic (exact) mass is 267 g/mol. The molecule has 1 aromatic carbocycles. The number of rotatable bonds is 3. The molecule has 0 unspecified atom stereocenters. The molecule has 0 saturated heterocycles. The summed E-state index contributed by atoms with van der Waals surface area (Å²) in [6.45, 7) is 0. The van der Waals surface area contributed by atoms with E-state index >= 15 is 0 Å². The second-order valence-corrected chi connectivity index (χ2v) is 4.22. The fourth-order valence-electron chi connectivity index (χ4n) is 1.62. The van der Waals surface area contributed by atoms with Crippen LogP contribution in [0.5, 0.6) is 0 Å². The highest BCUT2D eigenvalue weighted by molar-refractivity contribution is 9.10. The molecule has 0 saturated carbocycles. The van der Waals surface area contributed by atoms with Crippen molar-refractivity contribution in [3.8, 4) is 0 Å². The van der Waals surface area contributed by atoms with Crippen LogP contribution < -0.4 is 0 Å². The molecule has 78 valence electrons. The number of carboxylic acids is 1. The van der Waals surface area contributed by atoms with Crippen LogP contribution in [0.2, 0.25) is 0 Å². The number of fused-ring (bicyclic) bond motifs is 1. The lowest BCUT2D eigenvalue weighted by atomic mass is 10.1. The number of para-hydroxylation sites is 1. The number of aromatic amines is 1. The minimum atomic E-state index is -0.764. The molecule has 2 rings (SSSR count). The lowest BCUT2D eigenvalue weighted by Gasteiger charge is -1.97. The molecule has 4 heteroatoms. The van der Waals surface area contributed by atoms with E-state index in [0.717, 1.165) is 20.9 Å². The molecule has 0 aliphatic rings. The van der Waals surface area contributed by atoms with Crippen molar-refractivity contribution in [2.24, 2.45) is 0 Å². The average Bonchev–Trinajstić information content (AvgIpc) is 2.59. The summed E-state index contributed by atoms with van der Waals surface area (Å²) in [5, 5.41) is 9.71. The van der Waals surface area contributed by atoms with Crippen molar-refractivity contribution in [2.75, 3.05) is 0 Å². The Morgan fingerprint density at radius 3 is 3.00 bits per heavy atom. The Kier molecular flexibility index (Phi) is 2.77. The average molecular weight is 268 g/mol. The Morgan fingerprint density at radius 2 is 2.27 bits per heavy atom. The van der Waals surface area contributed by atoms with Crippen LogP contribution in [0.4, 0.5) is 0 Å². The minimum Gasteiger partial charge on any atom is -0.481 e. The normalized spacial score (nSPS) is 10.7. The fourth-order valence-corrected chi connectivity index (χ4v) is 2.10. The molecular formula is C11H10BrNO2. The van der Waals surface area contributed by atoms with Crippen LogP contribution in [0.3, 0.4) is 0 Å². The van der Waals surface area contributed by atoms with E-state index in [-0.39, 0.29) is 6.42 Å². The molecule has 15 heavy (non-hydrogen) atoms. The summed E-state index contributed by atoms with van der Waals surface area (Å²) in [5.41, 5.74) is 2.08. The molecule has 0 aliphatic heterocycles. The van der Waals surface area contributed by atoms with Crippen molar-refractivity contribution in [3.63, 3.8) is 0 Å². The first-order valence-corrected chi connectivity index (χ1v) is 5.44. The second-order valence-electron chi connectivity index (χ2n) is 3.37. The number of aliphatic carboxylic acids is 1. The van der Waals surface area contributed by atoms with Crippen molar-refractivity contribution >= 4 is 32.8 Å². The summed E-state index contributed by atoms with van der Waals surface area (Å²) in [5.74, 6) is -0.764. The fraction of sp³-hybridized carbons (Fsp3) is 0.182. The smallest absolute Gasteiger partial charge is 0.303 e. The number of nitrogens with one attached hydrogen (secondary N) is 1. The number of carboxylic acid groups (broad SMARTS) is 1. The predicted molar refractivity (Wildman–Crippen MR) is 62.0 cm³/mol. The van der Waals surface area contributed by atoms with Crippen LogP contribution in [0.25, 0.3) is 10.9 Å². The molecule has 1 heterocycles. The van der Waals surface area contributed by atoms with Crippen LogP contribution >= 0.6 is 15.9 Å². The van der Waals surface area contributed by atoms with E-state index in [2.05, 4.69) is 20.9 Å². The van der Waals surface area contributed by atoms with Gasteiger partial charge in [0.1, 0.15) is 0 Å². The number of benzene rings is 1. The zero-order valence-electron chi connectivity index (χ0n) is 7.96. The molecule has 0 aliphatic carbocycles. The van der Waals surface area contributed by atoms with E-state index in [1.165, 1.54) is 0 Å². The maximum atomic E-state index is 10.5. The quantitative estimate of drug-likeness (QED) is 0.899. The molecule has 0 fully saturated rings. The number of carbonyl (C=O) groups is 1. The predicted octanol–water partition coefficient (Wildman–Crippen LogP) is 2.95. The topological polar surface area (TPSA) is 53.1 Å². The largest absolute Gasteiger partial charge is 0.481 e. The molecule has 1 aromatic heterocycles. The maximum absolute atomic E-state index is 10.5. The molecule has 0 bridgehead atoms. The zero-order chi connectivity index (χ0) is 10.8. The van der Waals surface area contributed by atoms with Crippen LogP contribution in [0.15, 0.2) is 28.9 Å². The molecule has 0 spiro atoms. The number of hydrogen-bond acceptors (Lipinski definition) is 1. The van der Waals surface area contributed by atoms with Gasteiger partial charge < -0.3 is 10.1 Å². The molecule has 2 aromatic rings. The summed E-state index contributed by atoms with van der Waals surface area (Å²) in [6.07, 6.45) is 2.60.